The summed E-state index contributed by atoms with van der Waals surface area (Å²) in [6.45, 7) is 0. The summed E-state index contributed by atoms with van der Waals surface area (Å²) >= 11 is 5.91. The summed E-state index contributed by atoms with van der Waals surface area (Å²) in [7, 11) is 0. The lowest BCUT2D eigenvalue weighted by Crippen LogP contribution is -2.59. The Kier molecular flexibility index (Phi) is 3.89. The van der Waals surface area contributed by atoms with Gasteiger partial charge in [0.15, 0.2) is 0 Å². The Bertz CT molecular complexity index is 790. The van der Waals surface area contributed by atoms with Gasteiger partial charge in [-0.15, -0.1) is 0 Å². The number of pyridine rings is 1. The number of anilines is 2. The molecule has 0 atom stereocenters. The molecule has 1 aromatic heterocycles. The number of nitrogens with one attached hydrogen (secondary N) is 1. The Balaban J connectivity index is 1.31. The number of hydrogen-bond donors (Lipinski definition) is 1. The van der Waals surface area contributed by atoms with Crippen molar-refractivity contribution in [2.24, 2.45) is 11.8 Å². The van der Waals surface area contributed by atoms with Crippen LogP contribution in [-0.2, 0) is 0 Å². The molecule has 4 fully saturated rings. The average molecular weight is 368 g/mol. The van der Waals surface area contributed by atoms with Crippen molar-refractivity contribution in [3.8, 4) is 0 Å². The van der Waals surface area contributed by atoms with Gasteiger partial charge in [0.2, 0.25) is 0 Å². The molecule has 2 aliphatic carbocycles. The minimum Gasteiger partial charge on any atom is -0.340 e. The van der Waals surface area contributed by atoms with Gasteiger partial charge in [-0.25, -0.2) is 4.98 Å². The summed E-state index contributed by atoms with van der Waals surface area (Å²) in [5, 5.41) is 3.94. The molecule has 0 spiro atoms. The van der Waals surface area contributed by atoms with E-state index in [-0.39, 0.29) is 5.91 Å². The molecular formula is C21H22ClN3O. The summed E-state index contributed by atoms with van der Waals surface area (Å²) in [5.41, 5.74) is 1.62. The molecule has 2 aliphatic heterocycles. The van der Waals surface area contributed by atoms with Crippen LogP contribution in [0.3, 0.4) is 0 Å². The number of hydrogen-bond acceptors (Lipinski definition) is 3. The smallest absolute Gasteiger partial charge is 0.255 e. The number of carbonyl (C=O) groups excluding carboxylic acids is 1. The van der Waals surface area contributed by atoms with Gasteiger partial charge < -0.3 is 10.2 Å². The lowest BCUT2D eigenvalue weighted by Gasteiger charge is -2.56. The van der Waals surface area contributed by atoms with E-state index in [1.54, 1.807) is 6.20 Å². The van der Waals surface area contributed by atoms with Crippen molar-refractivity contribution in [3.05, 3.63) is 53.2 Å². The molecule has 4 nitrogen and oxygen atoms in total. The molecule has 1 amide bonds. The first-order valence-electron chi connectivity index (χ1n) is 9.47. The second-order valence-electron chi connectivity index (χ2n) is 7.99. The minimum absolute atomic E-state index is 0.157. The van der Waals surface area contributed by atoms with Crippen LogP contribution in [0.2, 0.25) is 5.02 Å². The van der Waals surface area contributed by atoms with Gasteiger partial charge in [0, 0.05) is 29.0 Å². The Labute approximate surface area is 158 Å². The Hall–Kier alpha value is -2.07. The van der Waals surface area contributed by atoms with Crippen LogP contribution >= 0.6 is 11.6 Å². The minimum atomic E-state index is 0.157. The number of benzene rings is 1. The van der Waals surface area contributed by atoms with E-state index in [0.29, 0.717) is 22.7 Å². The van der Waals surface area contributed by atoms with E-state index in [1.807, 2.05) is 36.4 Å². The van der Waals surface area contributed by atoms with Gasteiger partial charge in [0.1, 0.15) is 5.82 Å². The standard InChI is InChI=1S/C21H22ClN3O/c22-16-2-4-17(5-3-16)24-20-6-1-15(12-23-20)21(26)25-18-8-13-7-14(10-18)11-19(25)9-13/h1-6,12-14,18-19H,7-11H2,(H,23,24). The van der Waals surface area contributed by atoms with Crippen molar-refractivity contribution in [2.45, 2.75) is 44.2 Å². The van der Waals surface area contributed by atoms with Crippen molar-refractivity contribution in [1.82, 2.24) is 9.88 Å². The molecule has 1 aromatic carbocycles. The molecule has 26 heavy (non-hydrogen) atoms. The molecule has 3 heterocycles. The zero-order valence-electron chi connectivity index (χ0n) is 14.6. The maximum Gasteiger partial charge on any atom is 0.255 e. The molecule has 134 valence electrons. The van der Waals surface area contributed by atoms with Crippen LogP contribution in [0.5, 0.6) is 0 Å². The van der Waals surface area contributed by atoms with Crippen LogP contribution in [0.15, 0.2) is 42.6 Å². The van der Waals surface area contributed by atoms with Crippen LogP contribution < -0.4 is 5.32 Å². The fourth-order valence-electron chi connectivity index (χ4n) is 5.29. The van der Waals surface area contributed by atoms with Gasteiger partial charge in [0.05, 0.1) is 5.56 Å². The van der Waals surface area contributed by atoms with Crippen LogP contribution in [-0.4, -0.2) is 27.9 Å². The monoisotopic (exact) mass is 367 g/mol. The molecule has 1 N–H and O–H groups in total. The van der Waals surface area contributed by atoms with Crippen molar-refractivity contribution in [1.29, 1.82) is 0 Å². The van der Waals surface area contributed by atoms with Crippen LogP contribution in [0.25, 0.3) is 0 Å². The lowest BCUT2D eigenvalue weighted by atomic mass is 9.63. The highest BCUT2D eigenvalue weighted by molar-refractivity contribution is 6.30. The Morgan fingerprint density at radius 2 is 1.62 bits per heavy atom. The lowest BCUT2D eigenvalue weighted by molar-refractivity contribution is -0.0415. The maximum atomic E-state index is 13.1. The molecule has 4 bridgehead atoms. The molecular weight excluding hydrogens is 346 g/mol. The summed E-state index contributed by atoms with van der Waals surface area (Å²) < 4.78 is 0. The highest BCUT2D eigenvalue weighted by atomic mass is 35.5. The zero-order valence-corrected chi connectivity index (χ0v) is 15.3. The van der Waals surface area contributed by atoms with E-state index in [4.69, 9.17) is 11.6 Å². The number of aromatic nitrogens is 1. The number of rotatable bonds is 3. The van der Waals surface area contributed by atoms with Crippen LogP contribution in [0.4, 0.5) is 11.5 Å². The number of piperidine rings is 2. The van der Waals surface area contributed by atoms with Crippen molar-refractivity contribution < 1.29 is 4.79 Å². The van der Waals surface area contributed by atoms with E-state index in [0.717, 1.165) is 23.3 Å². The third-order valence-corrected chi connectivity index (χ3v) is 6.49. The SMILES string of the molecule is O=C(c1ccc(Nc2ccc(Cl)cc2)nc1)N1C2CC3CC(C2)CC1C3. The van der Waals surface area contributed by atoms with Crippen molar-refractivity contribution in [2.75, 3.05) is 5.32 Å². The van der Waals surface area contributed by atoms with Crippen molar-refractivity contribution in [3.63, 3.8) is 0 Å². The summed E-state index contributed by atoms with van der Waals surface area (Å²) in [6.07, 6.45) is 7.88. The summed E-state index contributed by atoms with van der Waals surface area (Å²) in [5.74, 6) is 2.59. The van der Waals surface area contributed by atoms with E-state index in [2.05, 4.69) is 15.2 Å². The predicted molar refractivity (Wildman–Crippen MR) is 103 cm³/mol. The predicted octanol–water partition coefficient (Wildman–Crippen LogP) is 4.88. The van der Waals surface area contributed by atoms with E-state index >= 15 is 0 Å². The first kappa shape index (κ1) is 16.1. The second kappa shape index (κ2) is 6.27. The second-order valence-corrected chi connectivity index (χ2v) is 8.43. The third kappa shape index (κ3) is 2.86. The molecule has 5 heteroatoms. The molecule has 4 aliphatic rings. The molecule has 2 saturated carbocycles. The molecule has 0 unspecified atom stereocenters. The van der Waals surface area contributed by atoms with Crippen LogP contribution in [0.1, 0.15) is 42.5 Å². The highest BCUT2D eigenvalue weighted by Gasteiger charge is 2.48. The zero-order chi connectivity index (χ0) is 17.7. The Morgan fingerprint density at radius 3 is 2.19 bits per heavy atom. The van der Waals surface area contributed by atoms with Crippen LogP contribution in [0, 0.1) is 11.8 Å². The van der Waals surface area contributed by atoms with Gasteiger partial charge in [-0.3, -0.25) is 4.79 Å². The van der Waals surface area contributed by atoms with E-state index in [1.165, 1.54) is 32.1 Å². The topological polar surface area (TPSA) is 45.2 Å². The first-order valence-corrected chi connectivity index (χ1v) is 9.85. The van der Waals surface area contributed by atoms with Crippen molar-refractivity contribution >= 4 is 29.0 Å². The van der Waals surface area contributed by atoms with Gasteiger partial charge in [-0.05, 0) is 80.3 Å². The maximum absolute atomic E-state index is 13.1. The third-order valence-electron chi connectivity index (χ3n) is 6.24. The van der Waals surface area contributed by atoms with E-state index in [9.17, 15) is 4.79 Å². The van der Waals surface area contributed by atoms with Gasteiger partial charge in [-0.2, -0.15) is 0 Å². The quantitative estimate of drug-likeness (QED) is 0.840. The number of amides is 1. The summed E-state index contributed by atoms with van der Waals surface area (Å²) in [4.78, 5) is 19.7. The molecule has 2 aromatic rings. The molecule has 2 saturated heterocycles. The largest absolute Gasteiger partial charge is 0.340 e. The highest BCUT2D eigenvalue weighted by Crippen LogP contribution is 2.49. The normalized spacial score (nSPS) is 29.0. The van der Waals surface area contributed by atoms with Gasteiger partial charge in [0.25, 0.3) is 5.91 Å². The number of halogens is 1. The molecule has 6 rings (SSSR count). The van der Waals surface area contributed by atoms with Gasteiger partial charge >= 0.3 is 0 Å². The number of nitrogens with zero attached hydrogens (tertiary/aromatic N) is 2. The molecule has 0 radical (unpaired) electrons. The fraction of sp³-hybridized carbons (Fsp3) is 0.429. The van der Waals surface area contributed by atoms with Gasteiger partial charge in [-0.1, -0.05) is 11.6 Å². The number of carbonyl (C=O) groups is 1. The fourth-order valence-corrected chi connectivity index (χ4v) is 5.41. The Morgan fingerprint density at radius 1 is 0.962 bits per heavy atom. The van der Waals surface area contributed by atoms with E-state index < -0.39 is 0 Å². The first-order chi connectivity index (χ1) is 12.7. The average Bonchev–Trinajstić information content (AvgIpc) is 2.63. The summed E-state index contributed by atoms with van der Waals surface area (Å²) in [6, 6.07) is 12.1.